The number of rotatable bonds is 4. The van der Waals surface area contributed by atoms with Gasteiger partial charge in [-0.3, -0.25) is 4.79 Å². The summed E-state index contributed by atoms with van der Waals surface area (Å²) in [6.45, 7) is 1.68. The van der Waals surface area contributed by atoms with Gasteiger partial charge in [0.25, 0.3) is 5.91 Å². The van der Waals surface area contributed by atoms with E-state index in [0.717, 1.165) is 11.7 Å². The maximum absolute atomic E-state index is 11.3. The number of carboxylic acids is 1. The van der Waals surface area contributed by atoms with Crippen LogP contribution in [0.3, 0.4) is 0 Å². The zero-order valence-corrected chi connectivity index (χ0v) is 8.24. The lowest BCUT2D eigenvalue weighted by atomic mass is 10.2. The van der Waals surface area contributed by atoms with Crippen LogP contribution in [0.4, 0.5) is 0 Å². The molecule has 0 spiro atoms. The molecule has 76 valence electrons. The summed E-state index contributed by atoms with van der Waals surface area (Å²) in [5, 5.41) is 11.0. The van der Waals surface area contributed by atoms with E-state index in [0.29, 0.717) is 6.42 Å². The molecular formula is C7H9N3O3S. The highest BCUT2D eigenvalue weighted by Crippen LogP contribution is 1.98. The van der Waals surface area contributed by atoms with Gasteiger partial charge < -0.3 is 10.4 Å². The Balaban J connectivity index is 2.60. The van der Waals surface area contributed by atoms with Gasteiger partial charge in [-0.15, -0.1) is 0 Å². The minimum absolute atomic E-state index is 0.148. The van der Waals surface area contributed by atoms with E-state index in [1.165, 1.54) is 6.20 Å². The van der Waals surface area contributed by atoms with Gasteiger partial charge in [0.15, 0.2) is 5.69 Å². The van der Waals surface area contributed by atoms with Crippen LogP contribution in [-0.4, -0.2) is 31.8 Å². The third kappa shape index (κ3) is 2.49. The molecule has 14 heavy (non-hydrogen) atoms. The fourth-order valence-electron chi connectivity index (χ4n) is 0.835. The lowest BCUT2D eigenvalue weighted by Gasteiger charge is -2.10. The largest absolute Gasteiger partial charge is 0.480 e. The average Bonchev–Trinajstić information content (AvgIpc) is 2.65. The molecule has 0 radical (unpaired) electrons. The molecule has 7 heteroatoms. The van der Waals surface area contributed by atoms with Gasteiger partial charge in [-0.05, 0) is 6.42 Å². The summed E-state index contributed by atoms with van der Waals surface area (Å²) in [5.74, 6) is -1.56. The van der Waals surface area contributed by atoms with E-state index in [1.807, 2.05) is 0 Å². The van der Waals surface area contributed by atoms with Gasteiger partial charge >= 0.3 is 5.97 Å². The Kier molecular flexibility index (Phi) is 3.52. The molecule has 0 aliphatic heterocycles. The Morgan fingerprint density at radius 2 is 2.43 bits per heavy atom. The molecule has 1 rings (SSSR count). The quantitative estimate of drug-likeness (QED) is 0.744. The van der Waals surface area contributed by atoms with Crippen LogP contribution in [0.1, 0.15) is 23.8 Å². The molecule has 0 bridgehead atoms. The van der Waals surface area contributed by atoms with Crippen molar-refractivity contribution in [1.29, 1.82) is 0 Å². The highest BCUT2D eigenvalue weighted by atomic mass is 32.1. The van der Waals surface area contributed by atoms with Crippen LogP contribution in [0.15, 0.2) is 6.20 Å². The van der Waals surface area contributed by atoms with Crippen molar-refractivity contribution in [2.45, 2.75) is 19.4 Å². The smallest absolute Gasteiger partial charge is 0.326 e. The summed E-state index contributed by atoms with van der Waals surface area (Å²) in [7, 11) is 0. The molecule has 1 aromatic rings. The van der Waals surface area contributed by atoms with Gasteiger partial charge in [-0.1, -0.05) is 6.92 Å². The molecule has 0 aliphatic carbocycles. The van der Waals surface area contributed by atoms with Gasteiger partial charge in [-0.2, -0.15) is 8.75 Å². The van der Waals surface area contributed by atoms with Crippen LogP contribution < -0.4 is 5.32 Å². The third-order valence-electron chi connectivity index (χ3n) is 1.61. The van der Waals surface area contributed by atoms with Gasteiger partial charge in [0.1, 0.15) is 6.04 Å². The first-order valence-electron chi connectivity index (χ1n) is 3.96. The Morgan fingerprint density at radius 3 is 2.86 bits per heavy atom. The maximum Gasteiger partial charge on any atom is 0.326 e. The zero-order valence-electron chi connectivity index (χ0n) is 7.43. The molecule has 0 fully saturated rings. The van der Waals surface area contributed by atoms with Crippen LogP contribution in [0, 0.1) is 0 Å². The van der Waals surface area contributed by atoms with Gasteiger partial charge in [0.2, 0.25) is 0 Å². The van der Waals surface area contributed by atoms with E-state index in [4.69, 9.17) is 5.11 Å². The van der Waals surface area contributed by atoms with Crippen molar-refractivity contribution in [3.8, 4) is 0 Å². The number of carbonyl (C=O) groups excluding carboxylic acids is 1. The van der Waals surface area contributed by atoms with Crippen molar-refractivity contribution in [3.63, 3.8) is 0 Å². The number of hydrogen-bond donors (Lipinski definition) is 2. The molecule has 0 aromatic carbocycles. The van der Waals surface area contributed by atoms with E-state index < -0.39 is 17.9 Å². The molecule has 1 atom stereocenters. The number of carboxylic acid groups (broad SMARTS) is 1. The molecule has 2 N–H and O–H groups in total. The first-order valence-corrected chi connectivity index (χ1v) is 4.69. The molecule has 0 aliphatic rings. The van der Waals surface area contributed by atoms with Gasteiger partial charge in [-0.25, -0.2) is 4.79 Å². The van der Waals surface area contributed by atoms with Crippen LogP contribution >= 0.6 is 11.7 Å². The Bertz CT molecular complexity index is 325. The second-order valence-corrected chi connectivity index (χ2v) is 3.12. The summed E-state index contributed by atoms with van der Waals surface area (Å²) in [4.78, 5) is 21.9. The molecule has 1 heterocycles. The summed E-state index contributed by atoms with van der Waals surface area (Å²) in [5.41, 5.74) is 0.148. The molecule has 0 saturated carbocycles. The average molecular weight is 215 g/mol. The summed E-state index contributed by atoms with van der Waals surface area (Å²) in [6.07, 6.45) is 1.63. The van der Waals surface area contributed by atoms with Crippen molar-refractivity contribution in [3.05, 3.63) is 11.9 Å². The van der Waals surface area contributed by atoms with Crippen LogP contribution in [-0.2, 0) is 4.79 Å². The second-order valence-electron chi connectivity index (χ2n) is 2.57. The maximum atomic E-state index is 11.3. The lowest BCUT2D eigenvalue weighted by Crippen LogP contribution is -2.40. The Hall–Kier alpha value is -1.50. The Labute approximate surface area is 84.3 Å². The van der Waals surface area contributed by atoms with Crippen LogP contribution in [0.5, 0.6) is 0 Å². The monoisotopic (exact) mass is 215 g/mol. The number of nitrogens with zero attached hydrogens (tertiary/aromatic N) is 2. The first kappa shape index (κ1) is 10.6. The second kappa shape index (κ2) is 4.66. The SMILES string of the molecule is CC[C@@H](NC(=O)c1cnsn1)C(=O)O. The number of amides is 1. The summed E-state index contributed by atoms with van der Waals surface area (Å²) >= 11 is 0.903. The number of aliphatic carboxylic acids is 1. The number of hydrogen-bond acceptors (Lipinski definition) is 5. The molecule has 0 unspecified atom stereocenters. The molecule has 1 aromatic heterocycles. The van der Waals surface area contributed by atoms with Crippen molar-refractivity contribution in [2.75, 3.05) is 0 Å². The summed E-state index contributed by atoms with van der Waals surface area (Å²) < 4.78 is 7.33. The summed E-state index contributed by atoms with van der Waals surface area (Å²) in [6, 6.07) is -0.871. The first-order chi connectivity index (χ1) is 6.65. The minimum atomic E-state index is -1.05. The molecule has 1 amide bonds. The van der Waals surface area contributed by atoms with Crippen LogP contribution in [0.2, 0.25) is 0 Å². The third-order valence-corrected chi connectivity index (χ3v) is 2.08. The molecule has 0 saturated heterocycles. The highest BCUT2D eigenvalue weighted by Gasteiger charge is 2.19. The number of nitrogens with one attached hydrogen (secondary N) is 1. The van der Waals surface area contributed by atoms with Crippen molar-refractivity contribution < 1.29 is 14.7 Å². The normalized spacial score (nSPS) is 12.1. The van der Waals surface area contributed by atoms with E-state index in [-0.39, 0.29) is 5.69 Å². The molecular weight excluding hydrogens is 206 g/mol. The van der Waals surface area contributed by atoms with Crippen LogP contribution in [0.25, 0.3) is 0 Å². The topological polar surface area (TPSA) is 92.2 Å². The van der Waals surface area contributed by atoms with E-state index in [1.54, 1.807) is 6.92 Å². The van der Waals surface area contributed by atoms with Gasteiger partial charge in [0.05, 0.1) is 17.9 Å². The van der Waals surface area contributed by atoms with Crippen molar-refractivity contribution >= 4 is 23.6 Å². The number of carbonyl (C=O) groups is 2. The van der Waals surface area contributed by atoms with E-state index >= 15 is 0 Å². The molecule has 6 nitrogen and oxygen atoms in total. The van der Waals surface area contributed by atoms with E-state index in [9.17, 15) is 9.59 Å². The standard InChI is InChI=1S/C7H9N3O3S/c1-2-4(7(12)13)9-6(11)5-3-8-14-10-5/h3-4H,2H2,1H3,(H,9,11)(H,12,13)/t4-/m1/s1. The zero-order chi connectivity index (χ0) is 10.6. The number of aromatic nitrogens is 2. The van der Waals surface area contributed by atoms with Gasteiger partial charge in [0, 0.05) is 0 Å². The fourth-order valence-corrected chi connectivity index (χ4v) is 1.25. The predicted molar refractivity (Wildman–Crippen MR) is 49.1 cm³/mol. The fraction of sp³-hybridized carbons (Fsp3) is 0.429. The van der Waals surface area contributed by atoms with Crippen molar-refractivity contribution in [1.82, 2.24) is 14.1 Å². The lowest BCUT2D eigenvalue weighted by molar-refractivity contribution is -0.139. The highest BCUT2D eigenvalue weighted by molar-refractivity contribution is 6.99. The van der Waals surface area contributed by atoms with Crippen molar-refractivity contribution in [2.24, 2.45) is 0 Å². The van der Waals surface area contributed by atoms with E-state index in [2.05, 4.69) is 14.1 Å². The predicted octanol–water partition coefficient (Wildman–Crippen LogP) is 0.131. The minimum Gasteiger partial charge on any atom is -0.480 e. The Morgan fingerprint density at radius 1 is 1.71 bits per heavy atom.